The Bertz CT molecular complexity index is 1060. The Hall–Kier alpha value is -3.19. The predicted octanol–water partition coefficient (Wildman–Crippen LogP) is 4.97. The van der Waals surface area contributed by atoms with Crippen molar-refractivity contribution in [3.8, 4) is 0 Å². The van der Waals surface area contributed by atoms with E-state index in [4.69, 9.17) is 40.5 Å². The van der Waals surface area contributed by atoms with Crippen LogP contribution >= 0.6 is 34.8 Å². The fraction of sp³-hybridized carbons (Fsp3) is 0. The summed E-state index contributed by atoms with van der Waals surface area (Å²) in [5.74, 6) is 0.0978. The zero-order valence-electron chi connectivity index (χ0n) is 16.2. The van der Waals surface area contributed by atoms with Crippen LogP contribution in [0.15, 0.2) is 88.1 Å². The van der Waals surface area contributed by atoms with Gasteiger partial charge in [0.25, 0.3) is 0 Å². The van der Waals surface area contributed by atoms with Gasteiger partial charge in [0.15, 0.2) is 0 Å². The summed E-state index contributed by atoms with van der Waals surface area (Å²) in [6.07, 6.45) is 4.81. The molecule has 0 aliphatic rings. The number of rotatable bonds is 6. The minimum absolute atomic E-state index is 0.0978. The van der Waals surface area contributed by atoms with Gasteiger partial charge in [0.05, 0.1) is 18.6 Å². The molecule has 6 nitrogen and oxygen atoms in total. The highest BCUT2D eigenvalue weighted by atomic mass is 35.5. The van der Waals surface area contributed by atoms with Crippen LogP contribution in [0.5, 0.6) is 0 Å². The average Bonchev–Trinajstić information content (AvgIpc) is 2.77. The first-order chi connectivity index (χ1) is 15.0. The summed E-state index contributed by atoms with van der Waals surface area (Å²) >= 11 is 17.7. The Balaban J connectivity index is 1.82. The van der Waals surface area contributed by atoms with Gasteiger partial charge in [-0.05, 0) is 57.9 Å². The van der Waals surface area contributed by atoms with Gasteiger partial charge < -0.3 is 0 Å². The Kier molecular flexibility index (Phi) is 8.18. The number of nitrogens with zero attached hydrogens (tertiary/aromatic N) is 4. The first-order valence-corrected chi connectivity index (χ1v) is 10.2. The second kappa shape index (κ2) is 11.3. The lowest BCUT2D eigenvalue weighted by Gasteiger charge is -1.99. The van der Waals surface area contributed by atoms with Crippen molar-refractivity contribution in [3.05, 3.63) is 105 Å². The summed E-state index contributed by atoms with van der Waals surface area (Å²) in [5, 5.41) is 14.7. The number of halogens is 3. The topological polar surface area (TPSA) is 78.1 Å². The van der Waals surface area contributed by atoms with E-state index in [1.54, 1.807) is 55.0 Å². The van der Waals surface area contributed by atoms with Gasteiger partial charge in [-0.3, -0.25) is 5.73 Å². The lowest BCUT2D eigenvalue weighted by molar-refractivity contribution is -0.540. The SMILES string of the molecule is NC(NN=Cc1ccc(Cl)cc1)=[N+](N=Cc1ccc(Cl)cc1)N=Cc1ccc(Cl)cc1. The largest absolute Gasteiger partial charge is 0.416 e. The molecule has 3 N–H and O–H groups in total. The van der Waals surface area contributed by atoms with Crippen LogP contribution in [0.1, 0.15) is 16.7 Å². The van der Waals surface area contributed by atoms with E-state index in [-0.39, 0.29) is 5.96 Å². The number of hydrogen-bond acceptors (Lipinski definition) is 3. The molecule has 0 spiro atoms. The molecule has 0 saturated carbocycles. The number of guanidine groups is 1. The molecular formula is C22H18Cl3N6+. The highest BCUT2D eigenvalue weighted by molar-refractivity contribution is 6.31. The van der Waals surface area contributed by atoms with Crippen LogP contribution in [-0.4, -0.2) is 29.4 Å². The van der Waals surface area contributed by atoms with Crippen molar-refractivity contribution >= 4 is 59.4 Å². The third kappa shape index (κ3) is 7.53. The molecule has 3 aromatic carbocycles. The van der Waals surface area contributed by atoms with E-state index in [0.29, 0.717) is 15.1 Å². The summed E-state index contributed by atoms with van der Waals surface area (Å²) in [4.78, 5) is 1.22. The molecule has 0 aliphatic heterocycles. The Labute approximate surface area is 195 Å². The summed E-state index contributed by atoms with van der Waals surface area (Å²) in [6, 6.07) is 21.6. The van der Waals surface area contributed by atoms with E-state index in [2.05, 4.69) is 20.7 Å². The predicted molar refractivity (Wildman–Crippen MR) is 130 cm³/mol. The maximum atomic E-state index is 6.11. The molecule has 0 radical (unpaired) electrons. The van der Waals surface area contributed by atoms with E-state index in [1.165, 1.54) is 4.79 Å². The van der Waals surface area contributed by atoms with Crippen molar-refractivity contribution < 1.29 is 4.79 Å². The summed E-state index contributed by atoms with van der Waals surface area (Å²) in [6.45, 7) is 0. The third-order valence-corrected chi connectivity index (χ3v) is 4.61. The summed E-state index contributed by atoms with van der Waals surface area (Å²) in [7, 11) is 0. The minimum Gasteiger partial charge on any atom is -0.285 e. The molecule has 0 atom stereocenters. The van der Waals surface area contributed by atoms with Gasteiger partial charge in [-0.1, -0.05) is 81.4 Å². The maximum absolute atomic E-state index is 6.11. The van der Waals surface area contributed by atoms with Crippen LogP contribution in [0.4, 0.5) is 0 Å². The van der Waals surface area contributed by atoms with E-state index in [0.717, 1.165) is 16.7 Å². The van der Waals surface area contributed by atoms with Crippen LogP contribution in [0, 0.1) is 0 Å². The van der Waals surface area contributed by atoms with E-state index >= 15 is 0 Å². The highest BCUT2D eigenvalue weighted by Gasteiger charge is 2.06. The van der Waals surface area contributed by atoms with Crippen molar-refractivity contribution in [2.75, 3.05) is 0 Å². The molecule has 0 aromatic heterocycles. The average molecular weight is 473 g/mol. The Morgan fingerprint density at radius 1 is 0.645 bits per heavy atom. The number of hydrazone groups is 3. The van der Waals surface area contributed by atoms with Gasteiger partial charge in [-0.25, -0.2) is 0 Å². The molecule has 9 heteroatoms. The van der Waals surface area contributed by atoms with Gasteiger partial charge in [0, 0.05) is 15.1 Å². The molecule has 0 amide bonds. The van der Waals surface area contributed by atoms with Gasteiger partial charge in [-0.15, -0.1) is 5.10 Å². The molecular weight excluding hydrogens is 455 g/mol. The minimum atomic E-state index is 0.0978. The lowest BCUT2D eigenvalue weighted by atomic mass is 10.2. The number of nitrogens with one attached hydrogen (secondary N) is 1. The Morgan fingerprint density at radius 3 is 1.39 bits per heavy atom. The first kappa shape index (κ1) is 22.5. The standard InChI is InChI=1S/C22H17Cl3N6/c23-19-7-1-16(2-8-19)13-27-30-22(26)31(28-14-17-3-9-20(24)10-4-17)29-15-18-5-11-21(25)12-6-18/h1-15H,(H2,26,30)/p+1. The summed E-state index contributed by atoms with van der Waals surface area (Å²) in [5.41, 5.74) is 11.3. The second-order valence-electron chi connectivity index (χ2n) is 6.19. The summed E-state index contributed by atoms with van der Waals surface area (Å²) < 4.78 is 0. The van der Waals surface area contributed by atoms with Gasteiger partial charge in [0.2, 0.25) is 0 Å². The van der Waals surface area contributed by atoms with Crippen molar-refractivity contribution in [1.29, 1.82) is 0 Å². The third-order valence-electron chi connectivity index (χ3n) is 3.85. The molecule has 156 valence electrons. The normalized spacial score (nSPS) is 11.5. The zero-order chi connectivity index (χ0) is 22.1. The van der Waals surface area contributed by atoms with Crippen molar-refractivity contribution in [2.24, 2.45) is 21.0 Å². The highest BCUT2D eigenvalue weighted by Crippen LogP contribution is 2.09. The van der Waals surface area contributed by atoms with Gasteiger partial charge in [0.1, 0.15) is 0 Å². The zero-order valence-corrected chi connectivity index (χ0v) is 18.4. The van der Waals surface area contributed by atoms with Crippen molar-refractivity contribution in [3.63, 3.8) is 0 Å². The molecule has 31 heavy (non-hydrogen) atoms. The quantitative estimate of drug-likeness (QED) is 0.230. The molecule has 0 saturated heterocycles. The number of nitrogens with two attached hydrogens (primary N) is 1. The Morgan fingerprint density at radius 2 is 1.00 bits per heavy atom. The van der Waals surface area contributed by atoms with Crippen molar-refractivity contribution in [2.45, 2.75) is 0 Å². The second-order valence-corrected chi connectivity index (χ2v) is 7.50. The number of benzene rings is 3. The lowest BCUT2D eigenvalue weighted by Crippen LogP contribution is -2.34. The molecule has 0 aliphatic carbocycles. The van der Waals surface area contributed by atoms with Crippen LogP contribution in [-0.2, 0) is 0 Å². The molecule has 0 heterocycles. The molecule has 0 unspecified atom stereocenters. The smallest absolute Gasteiger partial charge is 0.285 e. The van der Waals surface area contributed by atoms with E-state index in [9.17, 15) is 0 Å². The molecule has 3 aromatic rings. The van der Waals surface area contributed by atoms with Gasteiger partial charge in [-0.2, -0.15) is 5.43 Å². The maximum Gasteiger partial charge on any atom is 0.416 e. The monoisotopic (exact) mass is 471 g/mol. The van der Waals surface area contributed by atoms with E-state index in [1.807, 2.05) is 36.4 Å². The fourth-order valence-electron chi connectivity index (χ4n) is 2.26. The first-order valence-electron chi connectivity index (χ1n) is 9.06. The van der Waals surface area contributed by atoms with Crippen LogP contribution in [0.25, 0.3) is 0 Å². The van der Waals surface area contributed by atoms with Crippen LogP contribution < -0.4 is 11.2 Å². The molecule has 3 rings (SSSR count). The molecule has 0 fully saturated rings. The molecule has 0 bridgehead atoms. The van der Waals surface area contributed by atoms with Crippen LogP contribution in [0.3, 0.4) is 0 Å². The van der Waals surface area contributed by atoms with E-state index < -0.39 is 0 Å². The van der Waals surface area contributed by atoms with Crippen LogP contribution in [0.2, 0.25) is 15.1 Å². The van der Waals surface area contributed by atoms with Crippen molar-refractivity contribution in [1.82, 2.24) is 5.43 Å². The van der Waals surface area contributed by atoms with Gasteiger partial charge >= 0.3 is 5.96 Å². The fourth-order valence-corrected chi connectivity index (χ4v) is 2.64. The number of hydrogen-bond donors (Lipinski definition) is 2.